The van der Waals surface area contributed by atoms with Crippen LogP contribution in [0.2, 0.25) is 0 Å². The van der Waals surface area contributed by atoms with Gasteiger partial charge in [0.25, 0.3) is 10.0 Å². The van der Waals surface area contributed by atoms with E-state index in [9.17, 15) is 23.1 Å². The van der Waals surface area contributed by atoms with E-state index >= 15 is 0 Å². The summed E-state index contributed by atoms with van der Waals surface area (Å²) in [6.45, 7) is 4.15. The van der Waals surface area contributed by atoms with Gasteiger partial charge in [-0.1, -0.05) is 31.5 Å². The molecule has 1 aromatic heterocycles. The molecule has 39 heavy (non-hydrogen) atoms. The molecular formula is C28H34N4O6S. The fourth-order valence-corrected chi connectivity index (χ4v) is 6.29. The van der Waals surface area contributed by atoms with Crippen LogP contribution >= 0.6 is 0 Å². The third-order valence-corrected chi connectivity index (χ3v) is 8.43. The highest BCUT2D eigenvalue weighted by molar-refractivity contribution is 7.92. The smallest absolute Gasteiger partial charge is 0.337 e. The average Bonchev–Trinajstić information content (AvgIpc) is 3.33. The van der Waals surface area contributed by atoms with Gasteiger partial charge in [0.15, 0.2) is 16.9 Å². The van der Waals surface area contributed by atoms with E-state index in [0.717, 1.165) is 12.0 Å². The number of carbonyl (C=O) groups excluding carboxylic acids is 2. The van der Waals surface area contributed by atoms with Crippen molar-refractivity contribution in [3.8, 4) is 5.75 Å². The molecule has 1 fully saturated rings. The molecule has 208 valence electrons. The Labute approximate surface area is 228 Å². The minimum absolute atomic E-state index is 0.00542. The SMILES string of the molecule is CCCC1(CCc2ccc(O)cc2)CC(=O)C(N(CC)c2cccc(NS(=O)(=O)c3cncn3C)c2)C(=O)O1. The molecule has 0 radical (unpaired) electrons. The van der Waals surface area contributed by atoms with Crippen LogP contribution in [0, 0.1) is 0 Å². The normalized spacial score (nSPS) is 19.5. The highest BCUT2D eigenvalue weighted by Gasteiger charge is 2.48. The zero-order valence-corrected chi connectivity index (χ0v) is 23.1. The van der Waals surface area contributed by atoms with Gasteiger partial charge in [0.2, 0.25) is 0 Å². The zero-order valence-electron chi connectivity index (χ0n) is 22.3. The van der Waals surface area contributed by atoms with E-state index in [1.165, 1.54) is 17.1 Å². The van der Waals surface area contributed by atoms with Gasteiger partial charge in [0.05, 0.1) is 18.2 Å². The summed E-state index contributed by atoms with van der Waals surface area (Å²) in [7, 11) is -2.31. The van der Waals surface area contributed by atoms with Crippen molar-refractivity contribution in [2.24, 2.45) is 7.05 Å². The molecule has 2 heterocycles. The monoisotopic (exact) mass is 554 g/mol. The number of nitrogens with zero attached hydrogens (tertiary/aromatic N) is 3. The van der Waals surface area contributed by atoms with Crippen molar-refractivity contribution in [3.63, 3.8) is 0 Å². The van der Waals surface area contributed by atoms with Crippen LogP contribution in [0.3, 0.4) is 0 Å². The van der Waals surface area contributed by atoms with E-state index < -0.39 is 27.6 Å². The molecule has 10 nitrogen and oxygen atoms in total. The van der Waals surface area contributed by atoms with Gasteiger partial charge in [0, 0.05) is 25.7 Å². The lowest BCUT2D eigenvalue weighted by atomic mass is 9.82. The molecule has 3 aromatic rings. The molecule has 2 unspecified atom stereocenters. The summed E-state index contributed by atoms with van der Waals surface area (Å²) in [6.07, 6.45) is 5.15. The minimum Gasteiger partial charge on any atom is -0.508 e. The molecule has 4 rings (SSSR count). The predicted molar refractivity (Wildman–Crippen MR) is 147 cm³/mol. The first kappa shape index (κ1) is 28.2. The van der Waals surface area contributed by atoms with Crippen molar-refractivity contribution in [1.29, 1.82) is 0 Å². The van der Waals surface area contributed by atoms with E-state index in [0.29, 0.717) is 31.5 Å². The number of hydrogen-bond acceptors (Lipinski definition) is 8. The Bertz CT molecular complexity index is 1420. The largest absolute Gasteiger partial charge is 0.508 e. The second kappa shape index (κ2) is 11.5. The number of anilines is 2. The lowest BCUT2D eigenvalue weighted by molar-refractivity contribution is -0.174. The number of cyclic esters (lactones) is 1. The third-order valence-electron chi connectivity index (χ3n) is 6.98. The number of aromatic nitrogens is 2. The highest BCUT2D eigenvalue weighted by Crippen LogP contribution is 2.36. The molecule has 0 aliphatic carbocycles. The maximum Gasteiger partial charge on any atom is 0.337 e. The van der Waals surface area contributed by atoms with Crippen molar-refractivity contribution in [2.75, 3.05) is 16.2 Å². The molecule has 1 saturated heterocycles. The number of phenols is 1. The summed E-state index contributed by atoms with van der Waals surface area (Å²) in [5.74, 6) is -0.654. The van der Waals surface area contributed by atoms with Gasteiger partial charge in [-0.25, -0.2) is 9.78 Å². The summed E-state index contributed by atoms with van der Waals surface area (Å²) >= 11 is 0. The standard InChI is InChI=1S/C28H34N4O6S/c1-4-14-28(15-13-20-9-11-23(33)12-10-20)17-24(34)26(27(35)38-28)32(5-2)22-8-6-7-21(16-22)30-39(36,37)25-18-29-19-31(25)3/h6-12,16,18-19,26,30,33H,4-5,13-15,17H2,1-3H3. The van der Waals surface area contributed by atoms with Crippen molar-refractivity contribution in [1.82, 2.24) is 9.55 Å². The first-order valence-electron chi connectivity index (χ1n) is 13.0. The maximum absolute atomic E-state index is 13.5. The van der Waals surface area contributed by atoms with Crippen LogP contribution < -0.4 is 9.62 Å². The van der Waals surface area contributed by atoms with Gasteiger partial charge in [-0.3, -0.25) is 9.52 Å². The molecular weight excluding hydrogens is 520 g/mol. The van der Waals surface area contributed by atoms with Crippen molar-refractivity contribution < 1.29 is 27.9 Å². The summed E-state index contributed by atoms with van der Waals surface area (Å²) in [6, 6.07) is 12.3. The van der Waals surface area contributed by atoms with Gasteiger partial charge in [-0.05, 0) is 62.1 Å². The number of carbonyl (C=O) groups is 2. The van der Waals surface area contributed by atoms with Crippen molar-refractivity contribution in [2.45, 2.75) is 62.6 Å². The number of aryl methyl sites for hydroxylation is 2. The number of Topliss-reactive ketones (excluding diaryl/α,β-unsaturated/α-hetero) is 1. The molecule has 0 spiro atoms. The topological polar surface area (TPSA) is 131 Å². The fraction of sp³-hybridized carbons (Fsp3) is 0.393. The number of ketones is 1. The average molecular weight is 555 g/mol. The summed E-state index contributed by atoms with van der Waals surface area (Å²) < 4.78 is 35.6. The number of benzene rings is 2. The molecule has 2 atom stereocenters. The number of nitrogens with one attached hydrogen (secondary N) is 1. The fourth-order valence-electron chi connectivity index (χ4n) is 5.12. The number of rotatable bonds is 11. The zero-order chi connectivity index (χ0) is 28.2. The number of aromatic hydroxyl groups is 1. The van der Waals surface area contributed by atoms with E-state index in [1.54, 1.807) is 48.3 Å². The van der Waals surface area contributed by atoms with Gasteiger partial charge in [0.1, 0.15) is 11.4 Å². The number of ether oxygens (including phenoxy) is 1. The van der Waals surface area contributed by atoms with E-state index in [1.807, 2.05) is 26.0 Å². The number of sulfonamides is 1. The molecule has 1 aliphatic rings. The Kier molecular flexibility index (Phi) is 8.29. The van der Waals surface area contributed by atoms with E-state index in [-0.39, 0.29) is 28.7 Å². The molecule has 0 bridgehead atoms. The lowest BCUT2D eigenvalue weighted by Crippen LogP contribution is -2.57. The Balaban J connectivity index is 1.53. The van der Waals surface area contributed by atoms with Gasteiger partial charge < -0.3 is 19.3 Å². The Morgan fingerprint density at radius 1 is 1.15 bits per heavy atom. The molecule has 11 heteroatoms. The molecule has 2 N–H and O–H groups in total. The van der Waals surface area contributed by atoms with Crippen LogP contribution in [-0.2, 0) is 37.8 Å². The number of phenolic OH excluding ortho intramolecular Hbond substituents is 1. The summed E-state index contributed by atoms with van der Waals surface area (Å²) in [4.78, 5) is 32.4. The maximum atomic E-state index is 13.5. The Morgan fingerprint density at radius 3 is 2.51 bits per heavy atom. The number of likely N-dealkylation sites (N-methyl/N-ethyl adjacent to an activating group) is 1. The molecule has 0 amide bonds. The minimum atomic E-state index is -3.89. The highest BCUT2D eigenvalue weighted by atomic mass is 32.2. The quantitative estimate of drug-likeness (QED) is 0.270. The van der Waals surface area contributed by atoms with Gasteiger partial charge in [-0.2, -0.15) is 8.42 Å². The Morgan fingerprint density at radius 2 is 1.90 bits per heavy atom. The lowest BCUT2D eigenvalue weighted by Gasteiger charge is -2.42. The van der Waals surface area contributed by atoms with E-state index in [2.05, 4.69) is 9.71 Å². The Hall–Kier alpha value is -3.86. The second-order valence-corrected chi connectivity index (χ2v) is 11.5. The van der Waals surface area contributed by atoms with Crippen LogP contribution in [-0.4, -0.2) is 53.0 Å². The summed E-state index contributed by atoms with van der Waals surface area (Å²) in [5, 5.41) is 9.55. The van der Waals surface area contributed by atoms with Gasteiger partial charge >= 0.3 is 5.97 Å². The second-order valence-electron chi connectivity index (χ2n) is 9.85. The first-order chi connectivity index (χ1) is 18.6. The van der Waals surface area contributed by atoms with Crippen LogP contribution in [0.15, 0.2) is 66.1 Å². The summed E-state index contributed by atoms with van der Waals surface area (Å²) in [5.41, 5.74) is 0.898. The number of hydrogen-bond donors (Lipinski definition) is 2. The van der Waals surface area contributed by atoms with E-state index in [4.69, 9.17) is 4.74 Å². The molecule has 1 aliphatic heterocycles. The predicted octanol–water partition coefficient (Wildman–Crippen LogP) is 3.81. The number of esters is 1. The molecule has 2 aromatic carbocycles. The van der Waals surface area contributed by atoms with Gasteiger partial charge in [-0.15, -0.1) is 0 Å². The number of imidazole rings is 1. The van der Waals surface area contributed by atoms with Crippen LogP contribution in [0.1, 0.15) is 45.1 Å². The van der Waals surface area contributed by atoms with Crippen LogP contribution in [0.5, 0.6) is 5.75 Å². The van der Waals surface area contributed by atoms with Crippen LogP contribution in [0.4, 0.5) is 11.4 Å². The van der Waals surface area contributed by atoms with Crippen molar-refractivity contribution >= 4 is 33.2 Å². The van der Waals surface area contributed by atoms with Crippen LogP contribution in [0.25, 0.3) is 0 Å². The first-order valence-corrected chi connectivity index (χ1v) is 14.4. The van der Waals surface area contributed by atoms with Crippen molar-refractivity contribution in [3.05, 3.63) is 66.6 Å². The third kappa shape index (κ3) is 6.25. The molecule has 0 saturated carbocycles.